The molecule has 4 aliphatic heterocycles. The molecule has 1 amide bonds. The molecule has 4 fully saturated rings. The molecule has 4 heterocycles. The van der Waals surface area contributed by atoms with Crippen LogP contribution in [0.3, 0.4) is 0 Å². The van der Waals surface area contributed by atoms with Gasteiger partial charge in [0.2, 0.25) is 0 Å². The molecule has 4 aliphatic rings. The number of nitrogens with one attached hydrogen (secondary N) is 1. The number of amides is 1. The van der Waals surface area contributed by atoms with Gasteiger partial charge in [-0.25, -0.2) is 4.79 Å². The maximum atomic E-state index is 14.3. The van der Waals surface area contributed by atoms with Gasteiger partial charge >= 0.3 is 12.1 Å². The van der Waals surface area contributed by atoms with Gasteiger partial charge in [0, 0.05) is 56.6 Å². The van der Waals surface area contributed by atoms with Crippen LogP contribution in [0.4, 0.5) is 10.5 Å². The molecular formula is C49H81N3O15. The largest absolute Gasteiger partial charge is 0.459 e. The Kier molecular flexibility index (Phi) is 18.3. The average Bonchev–Trinajstić information content (AvgIpc) is 3.61. The first-order valence-electron chi connectivity index (χ1n) is 24.1. The molecule has 5 rings (SSSR count). The Morgan fingerprint density at radius 3 is 2.15 bits per heavy atom. The second kappa shape index (κ2) is 22.4. The van der Waals surface area contributed by atoms with Crippen LogP contribution in [-0.2, 0) is 49.2 Å². The van der Waals surface area contributed by atoms with E-state index in [0.717, 1.165) is 11.3 Å². The molecule has 18 heteroatoms. The lowest BCUT2D eigenvalue weighted by molar-refractivity contribution is -0.318. The predicted molar refractivity (Wildman–Crippen MR) is 247 cm³/mol. The number of aliphatic hydroxyl groups is 5. The maximum Gasteiger partial charge on any atom is 0.410 e. The molecule has 0 unspecified atom stereocenters. The van der Waals surface area contributed by atoms with E-state index in [0.29, 0.717) is 32.5 Å². The van der Waals surface area contributed by atoms with Gasteiger partial charge in [-0.1, -0.05) is 39.8 Å². The zero-order valence-corrected chi connectivity index (χ0v) is 41.9. The Bertz CT molecular complexity index is 1800. The fraction of sp³-hybridized carbons (Fsp3) is 0.816. The molecule has 0 spiro atoms. The van der Waals surface area contributed by atoms with Crippen LogP contribution in [0.1, 0.15) is 100 Å². The van der Waals surface area contributed by atoms with Crippen molar-refractivity contribution in [2.75, 3.05) is 46.2 Å². The SMILES string of the molecule is CC[C@H]1OC(=O)[C@H](C)[C@@H](O[C@H]2C[C@@](C)(OC)[C@@H](O)[C@H](C)O2)[C@H](C)[C@@H](O[C@@H]2O[C@H](C)C[C@H](N(C)CCc3ccc(NC[C@@H]4CN(C)C(=O)O4)cc3)[C@H]2O)[C@](C)(O)C[C@@H](C)C(=O)[C@H](C)[C@@H](O)[C@]1(C)O. The normalized spacial score (nSPS) is 42.9. The number of nitrogens with zero attached hydrogens (tertiary/aromatic N) is 2. The lowest BCUT2D eigenvalue weighted by atomic mass is 9.74. The standard InChI is InChI=1S/C49H81N3O15/c1-14-36-49(10,60)41(55)28(4)38(53)26(2)22-47(8,59)43(29(5)40(30(6)44(57)65-36)66-37-23-48(9,61-13)42(56)31(7)63-37)67-45-39(54)35(21-27(3)62-45)51(11)20-19-32-15-17-33(18-16-32)50-24-34-25-52(12)46(58)64-34/h15-18,26-31,34-37,39-43,45,50,54-56,59-60H,14,19-25H2,1-13H3/t26-,27-,28+,29+,30-,31+,34-,35+,36-,37+,39-,40+,41-,42+,43-,45+,47-,48-,49-/m1/s1. The first-order chi connectivity index (χ1) is 31.2. The molecule has 18 nitrogen and oxygen atoms in total. The van der Waals surface area contributed by atoms with E-state index in [-0.39, 0.29) is 37.6 Å². The summed E-state index contributed by atoms with van der Waals surface area (Å²) in [4.78, 5) is 43.7. The van der Waals surface area contributed by atoms with Crippen LogP contribution in [0.15, 0.2) is 24.3 Å². The number of ether oxygens (including phenoxy) is 7. The summed E-state index contributed by atoms with van der Waals surface area (Å²) in [6.45, 7) is 17.9. The fourth-order valence-electron chi connectivity index (χ4n) is 10.6. The molecule has 0 aromatic heterocycles. The van der Waals surface area contributed by atoms with Crippen molar-refractivity contribution in [2.45, 2.75) is 192 Å². The predicted octanol–water partition coefficient (Wildman–Crippen LogP) is 3.26. The topological polar surface area (TPSA) is 235 Å². The summed E-state index contributed by atoms with van der Waals surface area (Å²) in [5.41, 5.74) is -3.00. The quantitative estimate of drug-likeness (QED) is 0.156. The van der Waals surface area contributed by atoms with Gasteiger partial charge in [-0.15, -0.1) is 0 Å². The van der Waals surface area contributed by atoms with Crippen molar-refractivity contribution in [2.24, 2.45) is 23.7 Å². The van der Waals surface area contributed by atoms with E-state index in [1.54, 1.807) is 53.5 Å². The van der Waals surface area contributed by atoms with Crippen molar-refractivity contribution in [3.05, 3.63) is 29.8 Å². The van der Waals surface area contributed by atoms with Crippen molar-refractivity contribution in [3.8, 4) is 0 Å². The minimum atomic E-state index is -2.03. The van der Waals surface area contributed by atoms with Crippen LogP contribution in [0.2, 0.25) is 0 Å². The molecule has 0 saturated carbocycles. The van der Waals surface area contributed by atoms with Crippen LogP contribution >= 0.6 is 0 Å². The Hall–Kier alpha value is -3.01. The fourth-order valence-corrected chi connectivity index (χ4v) is 10.6. The van der Waals surface area contributed by atoms with Gasteiger partial charge in [-0.2, -0.15) is 0 Å². The molecule has 0 radical (unpaired) electrons. The van der Waals surface area contributed by atoms with Gasteiger partial charge < -0.3 is 73.8 Å². The molecular weight excluding hydrogens is 871 g/mol. The number of carbonyl (C=O) groups excluding carboxylic acids is 3. The summed E-state index contributed by atoms with van der Waals surface area (Å²) in [7, 11) is 5.11. The highest BCUT2D eigenvalue weighted by Crippen LogP contribution is 2.41. The number of aliphatic hydroxyl groups excluding tert-OH is 3. The Morgan fingerprint density at radius 1 is 0.896 bits per heavy atom. The van der Waals surface area contributed by atoms with Crippen molar-refractivity contribution in [1.82, 2.24) is 9.80 Å². The van der Waals surface area contributed by atoms with Gasteiger partial charge in [-0.05, 0) is 92.0 Å². The number of esters is 1. The van der Waals surface area contributed by atoms with E-state index in [4.69, 9.17) is 33.2 Å². The third-order valence-electron chi connectivity index (χ3n) is 15.0. The van der Waals surface area contributed by atoms with Gasteiger partial charge in [0.05, 0.1) is 60.7 Å². The molecule has 1 aromatic carbocycles. The highest BCUT2D eigenvalue weighted by molar-refractivity contribution is 5.83. The second-order valence-corrected chi connectivity index (χ2v) is 20.7. The average molecular weight is 952 g/mol. The van der Waals surface area contributed by atoms with Gasteiger partial charge in [0.1, 0.15) is 35.8 Å². The number of anilines is 1. The van der Waals surface area contributed by atoms with Crippen LogP contribution in [0.5, 0.6) is 0 Å². The minimum Gasteiger partial charge on any atom is -0.459 e. The minimum absolute atomic E-state index is 0.0673. The van der Waals surface area contributed by atoms with Crippen LogP contribution < -0.4 is 5.32 Å². The number of benzene rings is 1. The number of likely N-dealkylation sites (N-methyl/N-ethyl adjacent to an activating group) is 2. The summed E-state index contributed by atoms with van der Waals surface area (Å²) < 4.78 is 43.1. The highest BCUT2D eigenvalue weighted by Gasteiger charge is 2.53. The molecule has 0 bridgehead atoms. The Balaban J connectivity index is 1.42. The Morgan fingerprint density at radius 2 is 1.55 bits per heavy atom. The zero-order valence-electron chi connectivity index (χ0n) is 41.9. The molecule has 67 heavy (non-hydrogen) atoms. The molecule has 382 valence electrons. The van der Waals surface area contributed by atoms with Crippen molar-refractivity contribution in [3.63, 3.8) is 0 Å². The molecule has 0 aliphatic carbocycles. The van der Waals surface area contributed by atoms with Gasteiger partial charge in [0.15, 0.2) is 12.6 Å². The smallest absolute Gasteiger partial charge is 0.410 e. The first-order valence-corrected chi connectivity index (χ1v) is 24.1. The summed E-state index contributed by atoms with van der Waals surface area (Å²) in [6, 6.07) is 7.58. The molecule has 1 aromatic rings. The van der Waals surface area contributed by atoms with Crippen molar-refractivity contribution < 1.29 is 73.1 Å². The first kappa shape index (κ1) is 54.9. The highest BCUT2D eigenvalue weighted by atomic mass is 16.7. The lowest BCUT2D eigenvalue weighted by Gasteiger charge is -2.49. The zero-order chi connectivity index (χ0) is 49.9. The van der Waals surface area contributed by atoms with Crippen LogP contribution in [-0.4, -0.2) is 184 Å². The van der Waals surface area contributed by atoms with E-state index in [2.05, 4.69) is 10.2 Å². The second-order valence-electron chi connectivity index (χ2n) is 20.7. The maximum absolute atomic E-state index is 14.3. The summed E-state index contributed by atoms with van der Waals surface area (Å²) >= 11 is 0. The third-order valence-corrected chi connectivity index (χ3v) is 15.0. The lowest BCUT2D eigenvalue weighted by Crippen LogP contribution is -2.61. The number of rotatable bonds is 13. The van der Waals surface area contributed by atoms with E-state index < -0.39 is 114 Å². The van der Waals surface area contributed by atoms with E-state index in [1.807, 2.05) is 38.2 Å². The molecule has 6 N–H and O–H groups in total. The number of cyclic esters (lactones) is 2. The number of methoxy groups -OCH3 is 1. The molecule has 4 saturated heterocycles. The monoisotopic (exact) mass is 952 g/mol. The number of ketones is 1. The summed E-state index contributed by atoms with van der Waals surface area (Å²) in [6.07, 6.45) is -10.3. The number of Topliss-reactive ketones (excluding diaryl/α,β-unsaturated/α-hetero) is 1. The number of hydrogen-bond donors (Lipinski definition) is 6. The van der Waals surface area contributed by atoms with Gasteiger partial charge in [-0.3, -0.25) is 9.59 Å². The summed E-state index contributed by atoms with van der Waals surface area (Å²) in [5.74, 6) is -5.19. The number of carbonyl (C=O) groups is 3. The van der Waals surface area contributed by atoms with E-state index in [1.165, 1.54) is 27.9 Å². The third kappa shape index (κ3) is 12.7. The molecule has 19 atom stereocenters. The van der Waals surface area contributed by atoms with Crippen LogP contribution in [0.25, 0.3) is 0 Å². The van der Waals surface area contributed by atoms with E-state index in [9.17, 15) is 39.9 Å². The van der Waals surface area contributed by atoms with Gasteiger partial charge in [0.25, 0.3) is 0 Å². The van der Waals surface area contributed by atoms with E-state index >= 15 is 0 Å². The van der Waals surface area contributed by atoms with Crippen molar-refractivity contribution in [1.29, 1.82) is 0 Å². The summed E-state index contributed by atoms with van der Waals surface area (Å²) in [5, 5.41) is 62.4. The van der Waals surface area contributed by atoms with Crippen molar-refractivity contribution >= 4 is 23.5 Å². The Labute approximate surface area is 396 Å². The number of hydrogen-bond acceptors (Lipinski definition) is 17. The van der Waals surface area contributed by atoms with Crippen LogP contribution in [0, 0.1) is 23.7 Å².